The largest absolute Gasteiger partial charge is 0.423 e. The van der Waals surface area contributed by atoms with Crippen LogP contribution in [0.3, 0.4) is 0 Å². The summed E-state index contributed by atoms with van der Waals surface area (Å²) in [7, 11) is 6.49. The molecule has 4 heterocycles. The molecule has 1 aliphatic heterocycles. The second-order valence-electron chi connectivity index (χ2n) is 9.32. The molecule has 0 unspecified atom stereocenters. The highest BCUT2D eigenvalue weighted by Crippen LogP contribution is 2.33. The topological polar surface area (TPSA) is 71.6 Å². The molecule has 33 heavy (non-hydrogen) atoms. The van der Waals surface area contributed by atoms with Gasteiger partial charge < -0.3 is 28.8 Å². The van der Waals surface area contributed by atoms with Crippen LogP contribution in [0, 0.1) is 0 Å². The number of aryl methyl sites for hydroxylation is 1. The molecule has 172 valence electrons. The number of oxazole rings is 1. The van der Waals surface area contributed by atoms with Crippen molar-refractivity contribution in [1.29, 1.82) is 0 Å². The van der Waals surface area contributed by atoms with Crippen LogP contribution >= 0.6 is 0 Å². The Morgan fingerprint density at radius 1 is 1.09 bits per heavy atom. The van der Waals surface area contributed by atoms with Gasteiger partial charge in [-0.25, -0.2) is 4.98 Å². The lowest BCUT2D eigenvalue weighted by Gasteiger charge is -2.28. The summed E-state index contributed by atoms with van der Waals surface area (Å²) in [4.78, 5) is 14.1. The van der Waals surface area contributed by atoms with E-state index in [1.54, 1.807) is 0 Å². The van der Waals surface area contributed by atoms with Crippen LogP contribution < -0.4 is 10.2 Å². The SMILES string of the molecule is CN(C)[C@@H]1CCc2c(c3ccc(Nc4ccc5nc(N6CCOCC6)oc5c4)nc3n2C)C1. The van der Waals surface area contributed by atoms with Crippen molar-refractivity contribution in [2.24, 2.45) is 7.05 Å². The minimum atomic E-state index is 0.594. The molecule has 2 aliphatic rings. The number of pyridine rings is 1. The van der Waals surface area contributed by atoms with Gasteiger partial charge in [0.05, 0.1) is 13.2 Å². The number of nitrogens with zero attached hydrogens (tertiary/aromatic N) is 5. The molecular formula is C25H30N6O2. The summed E-state index contributed by atoms with van der Waals surface area (Å²) < 4.78 is 13.8. The summed E-state index contributed by atoms with van der Waals surface area (Å²) in [5, 5.41) is 4.73. The molecule has 1 atom stereocenters. The molecule has 4 aromatic rings. The van der Waals surface area contributed by atoms with E-state index in [0.29, 0.717) is 25.3 Å². The van der Waals surface area contributed by atoms with Crippen molar-refractivity contribution in [1.82, 2.24) is 19.4 Å². The van der Waals surface area contributed by atoms with E-state index in [4.69, 9.17) is 14.1 Å². The molecule has 8 nitrogen and oxygen atoms in total. The number of ether oxygens (including phenoxy) is 1. The minimum absolute atomic E-state index is 0.594. The van der Waals surface area contributed by atoms with E-state index >= 15 is 0 Å². The van der Waals surface area contributed by atoms with Gasteiger partial charge in [-0.05, 0) is 63.2 Å². The van der Waals surface area contributed by atoms with Gasteiger partial charge in [0.2, 0.25) is 0 Å². The monoisotopic (exact) mass is 446 g/mol. The number of benzene rings is 1. The number of morpholine rings is 1. The van der Waals surface area contributed by atoms with E-state index in [-0.39, 0.29) is 0 Å². The van der Waals surface area contributed by atoms with E-state index in [1.165, 1.54) is 23.1 Å². The van der Waals surface area contributed by atoms with Gasteiger partial charge in [-0.3, -0.25) is 0 Å². The number of fused-ring (bicyclic) bond motifs is 4. The van der Waals surface area contributed by atoms with Gasteiger partial charge in [0.15, 0.2) is 5.58 Å². The Morgan fingerprint density at radius 2 is 1.94 bits per heavy atom. The molecule has 0 spiro atoms. The van der Waals surface area contributed by atoms with E-state index in [2.05, 4.69) is 57.9 Å². The Bertz CT molecular complexity index is 1320. The fourth-order valence-electron chi connectivity index (χ4n) is 5.15. The van der Waals surface area contributed by atoms with E-state index < -0.39 is 0 Å². The first-order valence-corrected chi connectivity index (χ1v) is 11.7. The van der Waals surface area contributed by atoms with Gasteiger partial charge >= 0.3 is 0 Å². The molecule has 8 heteroatoms. The number of rotatable bonds is 4. The maximum Gasteiger partial charge on any atom is 0.298 e. The normalized spacial score (nSPS) is 18.9. The third kappa shape index (κ3) is 3.63. The van der Waals surface area contributed by atoms with Gasteiger partial charge in [-0.1, -0.05) is 0 Å². The highest BCUT2D eigenvalue weighted by molar-refractivity contribution is 5.85. The van der Waals surface area contributed by atoms with Crippen molar-refractivity contribution in [3.05, 3.63) is 41.6 Å². The molecule has 6 rings (SSSR count). The second-order valence-corrected chi connectivity index (χ2v) is 9.32. The molecule has 0 radical (unpaired) electrons. The number of anilines is 3. The van der Waals surface area contributed by atoms with Crippen molar-refractivity contribution in [3.8, 4) is 0 Å². The lowest BCUT2D eigenvalue weighted by atomic mass is 9.91. The first-order chi connectivity index (χ1) is 16.1. The standard InChI is InChI=1S/C25H30N6O2/c1-29(2)17-5-8-21-19(15-17)18-6-9-23(28-24(18)30(21)3)26-16-4-7-20-22(14-16)33-25(27-20)31-10-12-32-13-11-31/h4,6-7,9,14,17H,5,8,10-13,15H2,1-3H3,(H,26,28)/t17-/m1/s1. The third-order valence-corrected chi connectivity index (χ3v) is 7.09. The Hall–Kier alpha value is -3.10. The zero-order chi connectivity index (χ0) is 22.5. The van der Waals surface area contributed by atoms with E-state index in [0.717, 1.165) is 54.2 Å². The number of aromatic nitrogens is 3. The van der Waals surface area contributed by atoms with Gasteiger partial charge in [-0.2, -0.15) is 4.98 Å². The average molecular weight is 447 g/mol. The molecule has 1 aliphatic carbocycles. The third-order valence-electron chi connectivity index (χ3n) is 7.09. The Morgan fingerprint density at radius 3 is 2.76 bits per heavy atom. The molecule has 1 N–H and O–H groups in total. The van der Waals surface area contributed by atoms with Crippen LogP contribution in [-0.2, 0) is 24.6 Å². The van der Waals surface area contributed by atoms with Crippen LogP contribution in [0.2, 0.25) is 0 Å². The highest BCUT2D eigenvalue weighted by atomic mass is 16.5. The molecule has 3 aromatic heterocycles. The summed E-state index contributed by atoms with van der Waals surface area (Å²) >= 11 is 0. The van der Waals surface area contributed by atoms with Crippen LogP contribution in [0.5, 0.6) is 0 Å². The second kappa shape index (κ2) is 8.04. The van der Waals surface area contributed by atoms with Gasteiger partial charge in [-0.15, -0.1) is 0 Å². The predicted octanol–water partition coefficient (Wildman–Crippen LogP) is 3.71. The molecule has 0 bridgehead atoms. The Kier molecular flexibility index (Phi) is 4.99. The van der Waals surface area contributed by atoms with Crippen molar-refractivity contribution < 1.29 is 9.15 Å². The summed E-state index contributed by atoms with van der Waals surface area (Å²) in [5.41, 5.74) is 6.48. The Labute approximate surface area is 193 Å². The number of hydrogen-bond donors (Lipinski definition) is 1. The molecule has 1 saturated heterocycles. The lowest BCUT2D eigenvalue weighted by Crippen LogP contribution is -2.36. The molecule has 0 amide bonds. The molecule has 1 aromatic carbocycles. The summed E-state index contributed by atoms with van der Waals surface area (Å²) in [6, 6.07) is 11.6. The van der Waals surface area contributed by atoms with E-state index in [1.807, 2.05) is 18.2 Å². The average Bonchev–Trinajstić information content (AvgIpc) is 3.38. The fourth-order valence-corrected chi connectivity index (χ4v) is 5.15. The molecule has 0 saturated carbocycles. The van der Waals surface area contributed by atoms with Crippen LogP contribution in [0.1, 0.15) is 17.7 Å². The summed E-state index contributed by atoms with van der Waals surface area (Å²) in [6.07, 6.45) is 3.38. The van der Waals surface area contributed by atoms with Crippen LogP contribution in [0.25, 0.3) is 22.1 Å². The van der Waals surface area contributed by atoms with Crippen LogP contribution in [-0.4, -0.2) is 65.9 Å². The number of hydrogen-bond acceptors (Lipinski definition) is 7. The first-order valence-electron chi connectivity index (χ1n) is 11.7. The first kappa shape index (κ1) is 20.5. The summed E-state index contributed by atoms with van der Waals surface area (Å²) in [6.45, 7) is 3.02. The van der Waals surface area contributed by atoms with Gasteiger partial charge in [0, 0.05) is 49.0 Å². The minimum Gasteiger partial charge on any atom is -0.423 e. The highest BCUT2D eigenvalue weighted by Gasteiger charge is 2.26. The van der Waals surface area contributed by atoms with Crippen molar-refractivity contribution >= 4 is 39.7 Å². The van der Waals surface area contributed by atoms with Crippen molar-refractivity contribution in [2.45, 2.75) is 25.3 Å². The summed E-state index contributed by atoms with van der Waals surface area (Å²) in [5.74, 6) is 0.830. The van der Waals surface area contributed by atoms with Crippen molar-refractivity contribution in [2.75, 3.05) is 50.6 Å². The van der Waals surface area contributed by atoms with Gasteiger partial charge in [0.25, 0.3) is 6.01 Å². The zero-order valence-corrected chi connectivity index (χ0v) is 19.5. The smallest absolute Gasteiger partial charge is 0.298 e. The lowest BCUT2D eigenvalue weighted by molar-refractivity contribution is 0.120. The quantitative estimate of drug-likeness (QED) is 0.512. The molecule has 1 fully saturated rings. The predicted molar refractivity (Wildman–Crippen MR) is 131 cm³/mol. The molecular weight excluding hydrogens is 416 g/mol. The maximum absolute atomic E-state index is 6.05. The van der Waals surface area contributed by atoms with Crippen molar-refractivity contribution in [3.63, 3.8) is 0 Å². The van der Waals surface area contributed by atoms with E-state index in [9.17, 15) is 0 Å². The number of nitrogens with one attached hydrogen (secondary N) is 1. The van der Waals surface area contributed by atoms with Crippen LogP contribution in [0.4, 0.5) is 17.5 Å². The number of likely N-dealkylation sites (N-methyl/N-ethyl adjacent to an activating group) is 1. The van der Waals surface area contributed by atoms with Crippen LogP contribution in [0.15, 0.2) is 34.7 Å². The maximum atomic E-state index is 6.05. The fraction of sp³-hybridized carbons (Fsp3) is 0.440. The zero-order valence-electron chi connectivity index (χ0n) is 19.5. The van der Waals surface area contributed by atoms with Gasteiger partial charge in [0.1, 0.15) is 17.0 Å². The Balaban J connectivity index is 1.28.